The number of rotatable bonds is 6. The highest BCUT2D eigenvalue weighted by Gasteiger charge is 2.21. The van der Waals surface area contributed by atoms with Crippen molar-refractivity contribution in [3.05, 3.63) is 0 Å². The Morgan fingerprint density at radius 2 is 1.50 bits per heavy atom. The third-order valence-corrected chi connectivity index (χ3v) is 2.54. The van der Waals surface area contributed by atoms with Gasteiger partial charge in [-0.2, -0.15) is 0 Å². The van der Waals surface area contributed by atoms with Crippen LogP contribution in [-0.4, -0.2) is 42.5 Å². The molecule has 0 spiro atoms. The van der Waals surface area contributed by atoms with E-state index in [-0.39, 0.29) is 12.6 Å². The molecule has 8 heteroatoms. The van der Waals surface area contributed by atoms with Gasteiger partial charge in [-0.15, -0.1) is 0 Å². The van der Waals surface area contributed by atoms with Crippen molar-refractivity contribution in [3.8, 4) is 0 Å². The van der Waals surface area contributed by atoms with Gasteiger partial charge in [0, 0.05) is 13.1 Å². The van der Waals surface area contributed by atoms with Crippen molar-refractivity contribution >= 4 is 21.6 Å². The van der Waals surface area contributed by atoms with Gasteiger partial charge in [0.15, 0.2) is 0 Å². The molecule has 2 unspecified atom stereocenters. The van der Waals surface area contributed by atoms with E-state index in [9.17, 15) is 9.59 Å². The van der Waals surface area contributed by atoms with Gasteiger partial charge in [0.1, 0.15) is 11.2 Å². The Morgan fingerprint density at radius 1 is 1.00 bits per heavy atom. The molecule has 0 aliphatic rings. The lowest BCUT2D eigenvalue weighted by atomic mass is 10.2. The summed E-state index contributed by atoms with van der Waals surface area (Å²) < 4.78 is 10.4. The van der Waals surface area contributed by atoms with Crippen molar-refractivity contribution in [2.75, 3.05) is 13.1 Å². The van der Waals surface area contributed by atoms with E-state index in [1.165, 1.54) is 0 Å². The normalized spacial score (nSPS) is 13.2. The number of ether oxygens (including phenoxy) is 2. The van der Waals surface area contributed by atoms with Crippen LogP contribution in [0.2, 0.25) is 0 Å². The highest BCUT2D eigenvalue weighted by Crippen LogP contribution is 2.08. The lowest BCUT2D eigenvalue weighted by molar-refractivity contribution is 0.0461. The Labute approximate surface area is 135 Å². The highest BCUT2D eigenvalue weighted by molar-refractivity contribution is 7.13. The first-order valence-corrected chi connectivity index (χ1v) is 7.90. The Morgan fingerprint density at radius 3 is 1.95 bits per heavy atom. The zero-order valence-corrected chi connectivity index (χ0v) is 15.6. The molecule has 0 aliphatic heterocycles. The molecule has 22 heavy (non-hydrogen) atoms. The summed E-state index contributed by atoms with van der Waals surface area (Å²) in [5, 5.41) is 8.32. The molecule has 0 rings (SSSR count). The quantitative estimate of drug-likeness (QED) is 0.648. The van der Waals surface area contributed by atoms with Crippen LogP contribution in [0.25, 0.3) is 0 Å². The summed E-state index contributed by atoms with van der Waals surface area (Å²) in [4.78, 5) is 23.5. The van der Waals surface area contributed by atoms with Crippen molar-refractivity contribution in [2.24, 2.45) is 0 Å². The molecule has 0 radical (unpaired) electrons. The second-order valence-electron chi connectivity index (χ2n) is 6.97. The maximum atomic E-state index is 11.8. The Balaban J connectivity index is 4.39. The van der Waals surface area contributed by atoms with Crippen molar-refractivity contribution < 1.29 is 19.1 Å². The molecule has 130 valence electrons. The van der Waals surface area contributed by atoms with Gasteiger partial charge < -0.3 is 25.2 Å². The van der Waals surface area contributed by atoms with Gasteiger partial charge in [-0.3, -0.25) is 0 Å². The van der Waals surface area contributed by atoms with Gasteiger partial charge in [0.25, 0.3) is 0 Å². The highest BCUT2D eigenvalue weighted by atomic mass is 31.0. The van der Waals surface area contributed by atoms with Crippen molar-refractivity contribution in [3.63, 3.8) is 0 Å². The lowest BCUT2D eigenvalue weighted by Gasteiger charge is -2.25. The molecular formula is C14H30N3O4P. The molecule has 0 aromatic rings. The fourth-order valence-electron chi connectivity index (χ4n) is 1.48. The van der Waals surface area contributed by atoms with Crippen molar-refractivity contribution in [1.82, 2.24) is 15.7 Å². The third kappa shape index (κ3) is 12.7. The van der Waals surface area contributed by atoms with E-state index >= 15 is 0 Å². The molecule has 0 aliphatic carbocycles. The van der Waals surface area contributed by atoms with E-state index in [2.05, 4.69) is 25.1 Å². The first kappa shape index (κ1) is 20.9. The number of carbonyl (C=O) groups is 2. The van der Waals surface area contributed by atoms with Crippen molar-refractivity contribution in [1.29, 1.82) is 0 Å². The summed E-state index contributed by atoms with van der Waals surface area (Å²) >= 11 is 0. The molecule has 0 aromatic carbocycles. The van der Waals surface area contributed by atoms with Crippen LogP contribution >= 0.6 is 9.39 Å². The topological polar surface area (TPSA) is 88.7 Å². The van der Waals surface area contributed by atoms with E-state index in [0.717, 1.165) is 0 Å². The summed E-state index contributed by atoms with van der Waals surface area (Å²) in [5.41, 5.74) is -1.12. The molecule has 0 heterocycles. The minimum Gasteiger partial charge on any atom is -0.444 e. The number of nitrogens with one attached hydrogen (secondary N) is 3. The Bertz CT molecular complexity index is 364. The van der Waals surface area contributed by atoms with Crippen LogP contribution in [0.3, 0.4) is 0 Å². The molecule has 0 saturated carbocycles. The Hall–Kier alpha value is -1.07. The first-order valence-electron chi connectivity index (χ1n) is 7.33. The van der Waals surface area contributed by atoms with Gasteiger partial charge in [0.2, 0.25) is 0 Å². The maximum Gasteiger partial charge on any atom is 0.407 e. The standard InChI is InChI=1S/C14H30N3O4P/c1-13(2,3)20-11(18)15-9-10(7-8-16-22)17-12(19)21-14(4,5)6/h10,16H,7-9,22H2,1-6H3,(H,15,18)(H,17,19). The summed E-state index contributed by atoms with van der Waals surface area (Å²) in [5.74, 6) is 0. The fraction of sp³-hybridized carbons (Fsp3) is 0.857. The summed E-state index contributed by atoms with van der Waals surface area (Å²) in [7, 11) is 2.39. The van der Waals surface area contributed by atoms with E-state index in [1.807, 2.05) is 0 Å². The number of carbonyl (C=O) groups excluding carboxylic acids is 2. The van der Waals surface area contributed by atoms with Crippen LogP contribution in [0, 0.1) is 0 Å². The fourth-order valence-corrected chi connectivity index (χ4v) is 1.64. The molecule has 0 saturated heterocycles. The largest absolute Gasteiger partial charge is 0.444 e. The molecule has 7 nitrogen and oxygen atoms in total. The van der Waals surface area contributed by atoms with E-state index in [4.69, 9.17) is 9.47 Å². The van der Waals surface area contributed by atoms with Crippen LogP contribution in [0.15, 0.2) is 0 Å². The van der Waals surface area contributed by atoms with Gasteiger partial charge in [-0.05, 0) is 48.0 Å². The number of hydrogen-bond donors (Lipinski definition) is 3. The third-order valence-electron chi connectivity index (χ3n) is 2.25. The SMILES string of the molecule is CC(C)(C)OC(=O)NCC(CCNP)NC(=O)OC(C)(C)C. The monoisotopic (exact) mass is 335 g/mol. The van der Waals surface area contributed by atoms with Gasteiger partial charge in [0.05, 0.1) is 6.04 Å². The van der Waals surface area contributed by atoms with Crippen LogP contribution in [0.1, 0.15) is 48.0 Å². The van der Waals surface area contributed by atoms with E-state index in [1.54, 1.807) is 41.5 Å². The predicted molar refractivity (Wildman–Crippen MR) is 89.7 cm³/mol. The Kier molecular flexibility index (Phi) is 8.71. The molecule has 0 fully saturated rings. The minimum atomic E-state index is -0.563. The number of alkyl carbamates (subject to hydrolysis) is 2. The molecule has 0 bridgehead atoms. The zero-order chi connectivity index (χ0) is 17.4. The van der Waals surface area contributed by atoms with Crippen LogP contribution < -0.4 is 15.7 Å². The smallest absolute Gasteiger partial charge is 0.407 e. The first-order chi connectivity index (χ1) is 9.93. The van der Waals surface area contributed by atoms with Gasteiger partial charge in [-0.1, -0.05) is 9.39 Å². The van der Waals surface area contributed by atoms with Crippen LogP contribution in [-0.2, 0) is 9.47 Å². The second-order valence-corrected chi connectivity index (χ2v) is 7.38. The minimum absolute atomic E-state index is 0.254. The molecule has 2 amide bonds. The predicted octanol–water partition coefficient (Wildman–Crippen LogP) is 2.17. The van der Waals surface area contributed by atoms with Crippen LogP contribution in [0.5, 0.6) is 0 Å². The molecule has 0 aromatic heterocycles. The van der Waals surface area contributed by atoms with Crippen LogP contribution in [0.4, 0.5) is 9.59 Å². The lowest BCUT2D eigenvalue weighted by Crippen LogP contribution is -2.47. The average molecular weight is 335 g/mol. The summed E-state index contributed by atoms with van der Waals surface area (Å²) in [6, 6.07) is -0.254. The molecule has 2 atom stereocenters. The van der Waals surface area contributed by atoms with Gasteiger partial charge in [-0.25, -0.2) is 9.59 Å². The van der Waals surface area contributed by atoms with Crippen molar-refractivity contribution in [2.45, 2.75) is 65.2 Å². The van der Waals surface area contributed by atoms with E-state index < -0.39 is 23.4 Å². The number of amides is 2. The number of hydrogen-bond acceptors (Lipinski definition) is 5. The zero-order valence-electron chi connectivity index (χ0n) is 14.4. The molecule has 3 N–H and O–H groups in total. The van der Waals surface area contributed by atoms with Gasteiger partial charge >= 0.3 is 12.2 Å². The van der Waals surface area contributed by atoms with E-state index in [0.29, 0.717) is 13.0 Å². The second kappa shape index (κ2) is 9.16. The summed E-state index contributed by atoms with van der Waals surface area (Å²) in [6.45, 7) is 11.7. The maximum absolute atomic E-state index is 11.8. The average Bonchev–Trinajstić information content (AvgIpc) is 2.28. The summed E-state index contributed by atoms with van der Waals surface area (Å²) in [6.07, 6.45) is -0.381. The molecular weight excluding hydrogens is 305 g/mol.